The maximum absolute atomic E-state index is 12.7. The van der Waals surface area contributed by atoms with E-state index in [9.17, 15) is 4.79 Å². The summed E-state index contributed by atoms with van der Waals surface area (Å²) in [6.07, 6.45) is 0.512. The number of benzene rings is 2. The number of aryl methyl sites for hydroxylation is 1. The van der Waals surface area contributed by atoms with Crippen LogP contribution < -0.4 is 4.90 Å². The Kier molecular flexibility index (Phi) is 4.70. The van der Waals surface area contributed by atoms with Gasteiger partial charge in [-0.15, -0.1) is 10.2 Å². The summed E-state index contributed by atoms with van der Waals surface area (Å²) in [4.78, 5) is 14.3. The summed E-state index contributed by atoms with van der Waals surface area (Å²) in [5, 5.41) is 7.92. The monoisotopic (exact) mass is 321 g/mol. The molecule has 1 heterocycles. The number of nitrogens with zero attached hydrogens (tertiary/aromatic N) is 3. The molecule has 0 saturated heterocycles. The lowest BCUT2D eigenvalue weighted by Gasteiger charge is -2.19. The highest BCUT2D eigenvalue weighted by atomic mass is 16.4. The Morgan fingerprint density at radius 1 is 1.08 bits per heavy atom. The van der Waals surface area contributed by atoms with E-state index in [0.717, 1.165) is 16.8 Å². The molecule has 0 radical (unpaired) electrons. The van der Waals surface area contributed by atoms with Crippen LogP contribution in [0, 0.1) is 6.92 Å². The maximum atomic E-state index is 12.7. The van der Waals surface area contributed by atoms with Crippen molar-refractivity contribution in [3.05, 3.63) is 77.5 Å². The number of anilines is 1. The highest BCUT2D eigenvalue weighted by Crippen LogP contribution is 2.18. The summed E-state index contributed by atoms with van der Waals surface area (Å²) >= 11 is 0. The van der Waals surface area contributed by atoms with E-state index in [1.54, 1.807) is 4.90 Å². The van der Waals surface area contributed by atoms with E-state index in [0.29, 0.717) is 18.9 Å². The first-order chi connectivity index (χ1) is 11.7. The molecule has 0 saturated carbocycles. The molecule has 0 aliphatic rings. The van der Waals surface area contributed by atoms with Gasteiger partial charge in [-0.05, 0) is 37.1 Å². The fourth-order valence-corrected chi connectivity index (χ4v) is 2.54. The van der Waals surface area contributed by atoms with Gasteiger partial charge in [-0.25, -0.2) is 0 Å². The van der Waals surface area contributed by atoms with Crippen molar-refractivity contribution in [3.8, 4) is 0 Å². The first-order valence-electron chi connectivity index (χ1n) is 7.92. The number of rotatable bonds is 5. The largest absolute Gasteiger partial charge is 0.417 e. The van der Waals surface area contributed by atoms with E-state index in [2.05, 4.69) is 10.2 Å². The summed E-state index contributed by atoms with van der Waals surface area (Å²) in [6, 6.07) is 17.6. The van der Waals surface area contributed by atoms with E-state index in [4.69, 9.17) is 4.42 Å². The van der Waals surface area contributed by atoms with Crippen molar-refractivity contribution in [1.29, 1.82) is 0 Å². The lowest BCUT2D eigenvalue weighted by Crippen LogP contribution is -2.30. The predicted octanol–water partition coefficient (Wildman–Crippen LogP) is 3.64. The van der Waals surface area contributed by atoms with E-state index in [-0.39, 0.29) is 11.8 Å². The van der Waals surface area contributed by atoms with Gasteiger partial charge in [-0.1, -0.05) is 42.5 Å². The van der Waals surface area contributed by atoms with Crippen molar-refractivity contribution in [2.75, 3.05) is 11.4 Å². The lowest BCUT2D eigenvalue weighted by atomic mass is 10.2. The Morgan fingerprint density at radius 3 is 2.58 bits per heavy atom. The van der Waals surface area contributed by atoms with Gasteiger partial charge in [0.1, 0.15) is 0 Å². The van der Waals surface area contributed by atoms with Crippen LogP contribution in [0.15, 0.2) is 59.0 Å². The molecule has 0 unspecified atom stereocenters. The number of hydrogen-bond donors (Lipinski definition) is 0. The van der Waals surface area contributed by atoms with Gasteiger partial charge < -0.3 is 9.32 Å². The van der Waals surface area contributed by atoms with Crippen LogP contribution in [0.25, 0.3) is 0 Å². The van der Waals surface area contributed by atoms with Crippen LogP contribution in [0.5, 0.6) is 0 Å². The Labute approximate surface area is 140 Å². The Bertz CT molecular complexity index is 827. The smallest absolute Gasteiger partial charge is 0.315 e. The summed E-state index contributed by atoms with van der Waals surface area (Å²) in [5.41, 5.74) is 2.98. The first-order valence-corrected chi connectivity index (χ1v) is 7.92. The summed E-state index contributed by atoms with van der Waals surface area (Å²) in [6.45, 7) is 4.44. The molecule has 2 aromatic carbocycles. The van der Waals surface area contributed by atoms with Gasteiger partial charge in [0, 0.05) is 12.2 Å². The zero-order valence-corrected chi connectivity index (χ0v) is 13.8. The van der Waals surface area contributed by atoms with Crippen LogP contribution >= 0.6 is 0 Å². The highest BCUT2D eigenvalue weighted by Gasteiger charge is 2.22. The van der Waals surface area contributed by atoms with Crippen molar-refractivity contribution in [3.63, 3.8) is 0 Å². The molecule has 0 spiro atoms. The van der Waals surface area contributed by atoms with Crippen LogP contribution in [-0.2, 0) is 6.42 Å². The third kappa shape index (κ3) is 3.51. The van der Waals surface area contributed by atoms with Gasteiger partial charge >= 0.3 is 11.8 Å². The van der Waals surface area contributed by atoms with Gasteiger partial charge in [0.25, 0.3) is 0 Å². The van der Waals surface area contributed by atoms with Crippen molar-refractivity contribution in [1.82, 2.24) is 10.2 Å². The quantitative estimate of drug-likeness (QED) is 0.720. The summed E-state index contributed by atoms with van der Waals surface area (Å²) in [7, 11) is 0. The predicted molar refractivity (Wildman–Crippen MR) is 92.1 cm³/mol. The molecule has 0 aliphatic carbocycles. The van der Waals surface area contributed by atoms with Crippen LogP contribution in [0.3, 0.4) is 0 Å². The van der Waals surface area contributed by atoms with Crippen molar-refractivity contribution in [2.45, 2.75) is 20.3 Å². The molecule has 3 rings (SSSR count). The number of amides is 1. The first kappa shape index (κ1) is 15.9. The minimum absolute atomic E-state index is 0.0179. The zero-order valence-electron chi connectivity index (χ0n) is 13.8. The van der Waals surface area contributed by atoms with Crippen molar-refractivity contribution >= 4 is 11.6 Å². The van der Waals surface area contributed by atoms with Gasteiger partial charge in [0.2, 0.25) is 5.89 Å². The number of hydrogen-bond acceptors (Lipinski definition) is 4. The molecule has 3 aromatic rings. The standard InChI is InChI=1S/C19H19N3O2/c1-3-22(16-11-7-8-14(2)12-16)19(23)18-21-20-17(24-18)13-15-9-5-4-6-10-15/h4-12H,3,13H2,1-2H3. The third-order valence-corrected chi connectivity index (χ3v) is 3.72. The van der Waals surface area contributed by atoms with Crippen LogP contribution in [-0.4, -0.2) is 22.6 Å². The van der Waals surface area contributed by atoms with Gasteiger partial charge in [0.15, 0.2) is 0 Å². The summed E-state index contributed by atoms with van der Waals surface area (Å²) in [5.74, 6) is 0.170. The zero-order chi connectivity index (χ0) is 16.9. The molecule has 0 N–H and O–H groups in total. The fraction of sp³-hybridized carbons (Fsp3) is 0.211. The summed E-state index contributed by atoms with van der Waals surface area (Å²) < 4.78 is 5.57. The Balaban J connectivity index is 1.79. The molecule has 122 valence electrons. The average Bonchev–Trinajstić information content (AvgIpc) is 3.05. The molecule has 1 amide bonds. The fourth-order valence-electron chi connectivity index (χ4n) is 2.54. The average molecular weight is 321 g/mol. The van der Waals surface area contributed by atoms with Gasteiger partial charge in [-0.2, -0.15) is 0 Å². The third-order valence-electron chi connectivity index (χ3n) is 3.72. The van der Waals surface area contributed by atoms with Crippen molar-refractivity contribution in [2.24, 2.45) is 0 Å². The normalized spacial score (nSPS) is 10.6. The molecule has 1 aromatic heterocycles. The molecule has 5 nitrogen and oxygen atoms in total. The number of aromatic nitrogens is 2. The Hall–Kier alpha value is -2.95. The molecule has 0 bridgehead atoms. The second-order valence-corrected chi connectivity index (χ2v) is 5.55. The van der Waals surface area contributed by atoms with Gasteiger partial charge in [-0.3, -0.25) is 4.79 Å². The molecular formula is C19H19N3O2. The molecule has 0 aliphatic heterocycles. The van der Waals surface area contributed by atoms with E-state index < -0.39 is 0 Å². The van der Waals surface area contributed by atoms with Crippen molar-refractivity contribution < 1.29 is 9.21 Å². The lowest BCUT2D eigenvalue weighted by molar-refractivity contribution is 0.0953. The minimum Gasteiger partial charge on any atom is -0.417 e. The van der Waals surface area contributed by atoms with E-state index >= 15 is 0 Å². The van der Waals surface area contributed by atoms with Gasteiger partial charge in [0.05, 0.1) is 6.42 Å². The van der Waals surface area contributed by atoms with Crippen LogP contribution in [0.2, 0.25) is 0 Å². The Morgan fingerprint density at radius 2 is 1.88 bits per heavy atom. The number of carbonyl (C=O) groups excluding carboxylic acids is 1. The SMILES string of the molecule is CCN(C(=O)c1nnc(Cc2ccccc2)o1)c1cccc(C)c1. The van der Waals surface area contributed by atoms with Crippen LogP contribution in [0.1, 0.15) is 34.6 Å². The molecule has 0 fully saturated rings. The van der Waals surface area contributed by atoms with E-state index in [1.165, 1.54) is 0 Å². The molecule has 0 atom stereocenters. The number of carbonyl (C=O) groups is 1. The van der Waals surface area contributed by atoms with E-state index in [1.807, 2.05) is 68.4 Å². The second kappa shape index (κ2) is 7.08. The molecule has 5 heteroatoms. The second-order valence-electron chi connectivity index (χ2n) is 5.55. The topological polar surface area (TPSA) is 59.2 Å². The molecular weight excluding hydrogens is 302 g/mol. The van der Waals surface area contributed by atoms with Crippen LogP contribution in [0.4, 0.5) is 5.69 Å². The minimum atomic E-state index is -0.282. The maximum Gasteiger partial charge on any atom is 0.315 e. The highest BCUT2D eigenvalue weighted by molar-refractivity contribution is 6.02. The molecule has 24 heavy (non-hydrogen) atoms.